The van der Waals surface area contributed by atoms with E-state index in [0.717, 1.165) is 28.5 Å². The molecule has 3 nitrogen and oxygen atoms in total. The Morgan fingerprint density at radius 1 is 1.18 bits per heavy atom. The zero-order valence-electron chi connectivity index (χ0n) is 12.9. The summed E-state index contributed by atoms with van der Waals surface area (Å²) in [6, 6.07) is 16.4. The second-order valence-corrected chi connectivity index (χ2v) is 6.20. The smallest absolute Gasteiger partial charge is 0.135 e. The van der Waals surface area contributed by atoms with E-state index in [2.05, 4.69) is 23.7 Å². The third-order valence-corrected chi connectivity index (χ3v) is 4.67. The lowest BCUT2D eigenvalue weighted by Crippen LogP contribution is -2.35. The van der Waals surface area contributed by atoms with E-state index in [0.29, 0.717) is 6.61 Å². The largest absolute Gasteiger partial charge is 0.493 e. The highest BCUT2D eigenvalue weighted by atomic mass is 32.2. The van der Waals surface area contributed by atoms with Gasteiger partial charge in [0, 0.05) is 22.9 Å². The Labute approximate surface area is 136 Å². The molecule has 0 aliphatic carbocycles. The van der Waals surface area contributed by atoms with Gasteiger partial charge in [0.2, 0.25) is 0 Å². The van der Waals surface area contributed by atoms with Crippen molar-refractivity contribution in [2.75, 3.05) is 26.5 Å². The first-order valence-corrected chi connectivity index (χ1v) is 8.72. The van der Waals surface area contributed by atoms with Gasteiger partial charge in [0.25, 0.3) is 0 Å². The molecule has 0 bridgehead atoms. The maximum atomic E-state index is 6.43. The molecule has 2 atom stereocenters. The predicted octanol–water partition coefficient (Wildman–Crippen LogP) is 3.76. The SMILES string of the molecule is CNCC1COc2ccccc2C1Oc1ccccc1SC. The van der Waals surface area contributed by atoms with E-state index < -0.39 is 0 Å². The fourth-order valence-corrected chi connectivity index (χ4v) is 3.36. The van der Waals surface area contributed by atoms with Gasteiger partial charge in [0.15, 0.2) is 0 Å². The van der Waals surface area contributed by atoms with Crippen LogP contribution >= 0.6 is 11.8 Å². The van der Waals surface area contributed by atoms with Gasteiger partial charge in [0.05, 0.1) is 6.61 Å². The number of nitrogens with one attached hydrogen (secondary N) is 1. The Morgan fingerprint density at radius 2 is 1.95 bits per heavy atom. The van der Waals surface area contributed by atoms with Gasteiger partial charge in [-0.15, -0.1) is 11.8 Å². The number of hydrogen-bond donors (Lipinski definition) is 1. The molecule has 3 rings (SSSR count). The summed E-state index contributed by atoms with van der Waals surface area (Å²) in [4.78, 5) is 1.16. The quantitative estimate of drug-likeness (QED) is 0.851. The highest BCUT2D eigenvalue weighted by Crippen LogP contribution is 2.40. The molecular formula is C18H21NO2S. The Kier molecular flexibility index (Phi) is 4.90. The van der Waals surface area contributed by atoms with Crippen LogP contribution in [0.1, 0.15) is 11.7 Å². The van der Waals surface area contributed by atoms with Crippen molar-refractivity contribution < 1.29 is 9.47 Å². The molecule has 0 saturated heterocycles. The molecule has 116 valence electrons. The molecule has 2 unspecified atom stereocenters. The summed E-state index contributed by atoms with van der Waals surface area (Å²) in [5, 5.41) is 3.25. The lowest BCUT2D eigenvalue weighted by molar-refractivity contribution is 0.0683. The summed E-state index contributed by atoms with van der Waals surface area (Å²) in [6.45, 7) is 1.53. The molecule has 0 amide bonds. The van der Waals surface area contributed by atoms with Crippen LogP contribution in [0.15, 0.2) is 53.4 Å². The molecule has 2 aromatic carbocycles. The molecule has 1 N–H and O–H groups in total. The van der Waals surface area contributed by atoms with Crippen LogP contribution in [0.5, 0.6) is 11.5 Å². The Hall–Kier alpha value is -1.65. The highest BCUT2D eigenvalue weighted by Gasteiger charge is 2.32. The number of ether oxygens (including phenoxy) is 2. The lowest BCUT2D eigenvalue weighted by Gasteiger charge is -2.34. The topological polar surface area (TPSA) is 30.5 Å². The maximum Gasteiger partial charge on any atom is 0.135 e. The standard InChI is InChI=1S/C18H21NO2S/c1-19-11-13-12-20-15-8-4-3-7-14(15)18(13)21-16-9-5-6-10-17(16)22-2/h3-10,13,18-19H,11-12H2,1-2H3. The zero-order valence-corrected chi connectivity index (χ0v) is 13.7. The van der Waals surface area contributed by atoms with E-state index in [1.807, 2.05) is 43.4 Å². The summed E-state index contributed by atoms with van der Waals surface area (Å²) in [6.07, 6.45) is 2.08. The summed E-state index contributed by atoms with van der Waals surface area (Å²) in [7, 11) is 1.97. The normalized spacial score (nSPS) is 20.1. The van der Waals surface area contributed by atoms with Crippen LogP contribution in [0.4, 0.5) is 0 Å². The van der Waals surface area contributed by atoms with E-state index in [1.54, 1.807) is 11.8 Å². The van der Waals surface area contributed by atoms with Gasteiger partial charge in [-0.3, -0.25) is 0 Å². The van der Waals surface area contributed by atoms with Crippen molar-refractivity contribution in [3.8, 4) is 11.5 Å². The Bertz CT molecular complexity index is 632. The second kappa shape index (κ2) is 7.07. The van der Waals surface area contributed by atoms with Crippen LogP contribution in [-0.2, 0) is 0 Å². The molecule has 0 radical (unpaired) electrons. The molecule has 1 aliphatic rings. The minimum absolute atomic E-state index is 0.00528. The van der Waals surface area contributed by atoms with Gasteiger partial charge in [-0.1, -0.05) is 30.3 Å². The number of benzene rings is 2. The van der Waals surface area contributed by atoms with Crippen LogP contribution < -0.4 is 14.8 Å². The summed E-state index contributed by atoms with van der Waals surface area (Å²) in [5.41, 5.74) is 1.13. The summed E-state index contributed by atoms with van der Waals surface area (Å²) >= 11 is 1.71. The van der Waals surface area contributed by atoms with Gasteiger partial charge in [-0.25, -0.2) is 0 Å². The van der Waals surface area contributed by atoms with Crippen molar-refractivity contribution >= 4 is 11.8 Å². The van der Waals surface area contributed by atoms with E-state index in [4.69, 9.17) is 9.47 Å². The van der Waals surface area contributed by atoms with Gasteiger partial charge >= 0.3 is 0 Å². The molecule has 1 heterocycles. The third-order valence-electron chi connectivity index (χ3n) is 3.90. The van der Waals surface area contributed by atoms with Gasteiger partial charge in [-0.2, -0.15) is 0 Å². The number of thioether (sulfide) groups is 1. The number of fused-ring (bicyclic) bond motifs is 1. The van der Waals surface area contributed by atoms with E-state index in [-0.39, 0.29) is 12.0 Å². The predicted molar refractivity (Wildman–Crippen MR) is 90.9 cm³/mol. The van der Waals surface area contributed by atoms with Crippen molar-refractivity contribution in [1.82, 2.24) is 5.32 Å². The van der Waals surface area contributed by atoms with E-state index in [1.165, 1.54) is 0 Å². The monoisotopic (exact) mass is 315 g/mol. The highest BCUT2D eigenvalue weighted by molar-refractivity contribution is 7.98. The lowest BCUT2D eigenvalue weighted by atomic mass is 9.93. The number of rotatable bonds is 5. The third kappa shape index (κ3) is 3.08. The van der Waals surface area contributed by atoms with E-state index >= 15 is 0 Å². The molecule has 1 aliphatic heterocycles. The Morgan fingerprint density at radius 3 is 2.77 bits per heavy atom. The fraction of sp³-hybridized carbons (Fsp3) is 0.333. The van der Waals surface area contributed by atoms with Crippen molar-refractivity contribution in [2.24, 2.45) is 5.92 Å². The summed E-state index contributed by atoms with van der Waals surface area (Å²) < 4.78 is 12.3. The van der Waals surface area contributed by atoms with Crippen LogP contribution in [0.3, 0.4) is 0 Å². The first-order chi connectivity index (χ1) is 10.8. The molecule has 22 heavy (non-hydrogen) atoms. The van der Waals surface area contributed by atoms with Crippen molar-refractivity contribution in [3.05, 3.63) is 54.1 Å². The average Bonchev–Trinajstić information content (AvgIpc) is 2.57. The molecule has 0 spiro atoms. The van der Waals surface area contributed by atoms with Gasteiger partial charge in [0.1, 0.15) is 17.6 Å². The van der Waals surface area contributed by atoms with Crippen LogP contribution in [0.25, 0.3) is 0 Å². The van der Waals surface area contributed by atoms with Gasteiger partial charge in [-0.05, 0) is 31.5 Å². The first kappa shape index (κ1) is 15.3. The molecule has 2 aromatic rings. The first-order valence-electron chi connectivity index (χ1n) is 7.49. The number of para-hydroxylation sites is 2. The second-order valence-electron chi connectivity index (χ2n) is 5.36. The van der Waals surface area contributed by atoms with Crippen LogP contribution in [0.2, 0.25) is 0 Å². The Balaban J connectivity index is 1.94. The van der Waals surface area contributed by atoms with Crippen molar-refractivity contribution in [2.45, 2.75) is 11.0 Å². The number of hydrogen-bond acceptors (Lipinski definition) is 4. The molecule has 0 aromatic heterocycles. The minimum atomic E-state index is 0.00528. The maximum absolute atomic E-state index is 6.43. The van der Waals surface area contributed by atoms with E-state index in [9.17, 15) is 0 Å². The van der Waals surface area contributed by atoms with Crippen LogP contribution in [0, 0.1) is 5.92 Å². The molecule has 0 fully saturated rings. The van der Waals surface area contributed by atoms with Gasteiger partial charge < -0.3 is 14.8 Å². The van der Waals surface area contributed by atoms with Crippen LogP contribution in [-0.4, -0.2) is 26.5 Å². The van der Waals surface area contributed by atoms with Crippen molar-refractivity contribution in [3.63, 3.8) is 0 Å². The minimum Gasteiger partial charge on any atom is -0.493 e. The molecular weight excluding hydrogens is 294 g/mol. The molecule has 4 heteroatoms. The molecule has 0 saturated carbocycles. The average molecular weight is 315 g/mol. The fourth-order valence-electron chi connectivity index (χ4n) is 2.83. The summed E-state index contributed by atoms with van der Waals surface area (Å²) in [5.74, 6) is 2.16. The van der Waals surface area contributed by atoms with Crippen molar-refractivity contribution in [1.29, 1.82) is 0 Å². The zero-order chi connectivity index (χ0) is 15.4.